The highest BCUT2D eigenvalue weighted by Crippen LogP contribution is 2.32. The summed E-state index contributed by atoms with van der Waals surface area (Å²) >= 11 is 1.60. The lowest BCUT2D eigenvalue weighted by Gasteiger charge is -2.09. The molecule has 0 saturated carbocycles. The van der Waals surface area contributed by atoms with Gasteiger partial charge in [-0.1, -0.05) is 0 Å². The van der Waals surface area contributed by atoms with Crippen LogP contribution in [0.4, 0.5) is 0 Å². The van der Waals surface area contributed by atoms with Gasteiger partial charge in [-0.3, -0.25) is 0 Å². The average molecular weight is 196 g/mol. The van der Waals surface area contributed by atoms with E-state index >= 15 is 0 Å². The van der Waals surface area contributed by atoms with Gasteiger partial charge in [0.2, 0.25) is 0 Å². The molecule has 1 N–H and O–H groups in total. The number of hydrogen-bond donors (Lipinski definition) is 1. The number of ether oxygens (including phenoxy) is 1. The summed E-state index contributed by atoms with van der Waals surface area (Å²) in [6.07, 6.45) is 2.07. The Hall–Kier alpha value is -0.800. The quantitative estimate of drug-likeness (QED) is 0.787. The maximum Gasteiger partial charge on any atom is 0.113 e. The van der Waals surface area contributed by atoms with Crippen molar-refractivity contribution in [3.05, 3.63) is 33.7 Å². The molecule has 1 aromatic heterocycles. The summed E-state index contributed by atoms with van der Waals surface area (Å²) in [5.41, 5.74) is 2.15. The van der Waals surface area contributed by atoms with Crippen molar-refractivity contribution >= 4 is 11.3 Å². The Bertz CT molecular complexity index is 327. The van der Waals surface area contributed by atoms with Crippen molar-refractivity contribution in [2.24, 2.45) is 0 Å². The van der Waals surface area contributed by atoms with Crippen LogP contribution in [0.2, 0.25) is 0 Å². The first-order chi connectivity index (χ1) is 6.29. The summed E-state index contributed by atoms with van der Waals surface area (Å²) in [5, 5.41) is 12.0. The Balaban J connectivity index is 2.21. The third-order valence-electron chi connectivity index (χ3n) is 2.24. The highest BCUT2D eigenvalue weighted by atomic mass is 32.1. The topological polar surface area (TPSA) is 29.5 Å². The minimum atomic E-state index is -0.456. The number of thiophene rings is 1. The van der Waals surface area contributed by atoms with Crippen molar-refractivity contribution in [2.45, 2.75) is 19.4 Å². The molecule has 1 unspecified atom stereocenters. The fraction of sp³-hybridized carbons (Fsp3) is 0.400. The normalized spacial score (nSPS) is 18.2. The van der Waals surface area contributed by atoms with Crippen LogP contribution in [0.3, 0.4) is 0 Å². The van der Waals surface area contributed by atoms with E-state index in [2.05, 4.69) is 0 Å². The summed E-state index contributed by atoms with van der Waals surface area (Å²) in [5.74, 6) is 0. The Kier molecular flexibility index (Phi) is 2.38. The lowest BCUT2D eigenvalue weighted by Crippen LogP contribution is -1.99. The van der Waals surface area contributed by atoms with Crippen LogP contribution in [0.15, 0.2) is 23.3 Å². The van der Waals surface area contributed by atoms with E-state index in [9.17, 15) is 5.11 Å². The molecular weight excluding hydrogens is 184 g/mol. The fourth-order valence-corrected chi connectivity index (χ4v) is 2.39. The van der Waals surface area contributed by atoms with Crippen molar-refractivity contribution in [1.82, 2.24) is 0 Å². The maximum absolute atomic E-state index is 9.95. The highest BCUT2D eigenvalue weighted by Gasteiger charge is 2.19. The Morgan fingerprint density at radius 3 is 3.00 bits per heavy atom. The largest absolute Gasteiger partial charge is 0.501 e. The minimum absolute atomic E-state index is 0.456. The second-order valence-corrected chi connectivity index (χ2v) is 4.13. The molecular formula is C10H12O2S. The predicted octanol–water partition coefficient (Wildman–Crippen LogP) is 2.39. The first-order valence-corrected chi connectivity index (χ1v) is 5.19. The summed E-state index contributed by atoms with van der Waals surface area (Å²) in [6.45, 7) is 2.72. The Labute approximate surface area is 81.5 Å². The van der Waals surface area contributed by atoms with Crippen LogP contribution < -0.4 is 0 Å². The van der Waals surface area contributed by atoms with Gasteiger partial charge in [-0.2, -0.15) is 0 Å². The number of aliphatic hydroxyl groups is 1. The van der Waals surface area contributed by atoms with E-state index in [0.29, 0.717) is 6.61 Å². The zero-order valence-corrected chi connectivity index (χ0v) is 8.30. The van der Waals surface area contributed by atoms with Crippen LogP contribution in [-0.2, 0) is 4.74 Å². The van der Waals surface area contributed by atoms with E-state index in [1.54, 1.807) is 17.6 Å². The number of aliphatic hydroxyl groups excluding tert-OH is 1. The van der Waals surface area contributed by atoms with Crippen molar-refractivity contribution < 1.29 is 9.84 Å². The van der Waals surface area contributed by atoms with Gasteiger partial charge in [0.25, 0.3) is 0 Å². The number of rotatable bonds is 2. The molecule has 0 amide bonds. The summed E-state index contributed by atoms with van der Waals surface area (Å²) in [7, 11) is 0. The van der Waals surface area contributed by atoms with Gasteiger partial charge in [-0.05, 0) is 23.9 Å². The van der Waals surface area contributed by atoms with Crippen molar-refractivity contribution in [2.75, 3.05) is 6.61 Å². The van der Waals surface area contributed by atoms with Crippen LogP contribution >= 0.6 is 11.3 Å². The molecule has 1 aromatic rings. The molecule has 2 rings (SSSR count). The lowest BCUT2D eigenvalue weighted by molar-refractivity contribution is 0.216. The predicted molar refractivity (Wildman–Crippen MR) is 52.7 cm³/mol. The van der Waals surface area contributed by atoms with Crippen LogP contribution in [0.5, 0.6) is 0 Å². The van der Waals surface area contributed by atoms with Crippen molar-refractivity contribution in [3.8, 4) is 0 Å². The first-order valence-electron chi connectivity index (χ1n) is 4.31. The van der Waals surface area contributed by atoms with Gasteiger partial charge in [0, 0.05) is 16.9 Å². The van der Waals surface area contributed by atoms with Gasteiger partial charge in [-0.15, -0.1) is 11.3 Å². The van der Waals surface area contributed by atoms with Gasteiger partial charge in [0.15, 0.2) is 0 Å². The highest BCUT2D eigenvalue weighted by molar-refractivity contribution is 7.10. The summed E-state index contributed by atoms with van der Waals surface area (Å²) in [4.78, 5) is 1.04. The standard InChI is InChI=1S/C10H12O2S/c1-7-3-5-13-10(7)9(11)8-2-4-12-6-8/h3,5-6,9,11H,2,4H2,1H3. The molecule has 13 heavy (non-hydrogen) atoms. The SMILES string of the molecule is Cc1ccsc1C(O)C1=COCC1. The first kappa shape index (κ1) is 8.78. The molecule has 1 aliphatic heterocycles. The zero-order valence-electron chi connectivity index (χ0n) is 7.49. The lowest BCUT2D eigenvalue weighted by atomic mass is 10.1. The molecule has 0 aliphatic carbocycles. The molecule has 2 nitrogen and oxygen atoms in total. The zero-order chi connectivity index (χ0) is 9.26. The third kappa shape index (κ3) is 1.62. The van der Waals surface area contributed by atoms with Gasteiger partial charge in [0.1, 0.15) is 6.10 Å². The fourth-order valence-electron chi connectivity index (χ4n) is 1.44. The summed E-state index contributed by atoms with van der Waals surface area (Å²) in [6, 6.07) is 2.03. The number of hydrogen-bond acceptors (Lipinski definition) is 3. The van der Waals surface area contributed by atoms with Gasteiger partial charge in [0.05, 0.1) is 12.9 Å². The molecule has 1 aliphatic rings. The van der Waals surface area contributed by atoms with Crippen LogP contribution in [0.25, 0.3) is 0 Å². The maximum atomic E-state index is 9.95. The smallest absolute Gasteiger partial charge is 0.113 e. The molecule has 2 heterocycles. The molecule has 1 atom stereocenters. The molecule has 0 saturated heterocycles. The monoisotopic (exact) mass is 196 g/mol. The van der Waals surface area contributed by atoms with E-state index < -0.39 is 6.10 Å². The van der Waals surface area contributed by atoms with Gasteiger partial charge < -0.3 is 9.84 Å². The van der Waals surface area contributed by atoms with Gasteiger partial charge >= 0.3 is 0 Å². The Morgan fingerprint density at radius 1 is 1.62 bits per heavy atom. The molecule has 70 valence electrons. The molecule has 0 spiro atoms. The number of aryl methyl sites for hydroxylation is 1. The van der Waals surface area contributed by atoms with Crippen molar-refractivity contribution in [1.29, 1.82) is 0 Å². The van der Waals surface area contributed by atoms with Crippen LogP contribution in [0.1, 0.15) is 23.0 Å². The second kappa shape index (κ2) is 3.52. The average Bonchev–Trinajstić information content (AvgIpc) is 2.72. The van der Waals surface area contributed by atoms with Crippen molar-refractivity contribution in [3.63, 3.8) is 0 Å². The van der Waals surface area contributed by atoms with E-state index in [1.165, 1.54) is 0 Å². The van der Waals surface area contributed by atoms with E-state index in [4.69, 9.17) is 4.74 Å². The Morgan fingerprint density at radius 2 is 2.46 bits per heavy atom. The van der Waals surface area contributed by atoms with E-state index in [-0.39, 0.29) is 0 Å². The van der Waals surface area contributed by atoms with Gasteiger partial charge in [-0.25, -0.2) is 0 Å². The van der Waals surface area contributed by atoms with E-state index in [0.717, 1.165) is 22.4 Å². The molecule has 0 bridgehead atoms. The minimum Gasteiger partial charge on any atom is -0.501 e. The molecule has 3 heteroatoms. The molecule has 0 fully saturated rings. The second-order valence-electron chi connectivity index (χ2n) is 3.18. The van der Waals surface area contributed by atoms with E-state index in [1.807, 2.05) is 18.4 Å². The molecule has 0 aromatic carbocycles. The molecule has 0 radical (unpaired) electrons. The third-order valence-corrected chi connectivity index (χ3v) is 3.32. The summed E-state index contributed by atoms with van der Waals surface area (Å²) < 4.78 is 5.10. The van der Waals surface area contributed by atoms with Crippen LogP contribution in [0, 0.1) is 6.92 Å². The van der Waals surface area contributed by atoms with Crippen LogP contribution in [-0.4, -0.2) is 11.7 Å².